The fraction of sp³-hybridized carbons (Fsp3) is 0.267. The zero-order valence-corrected chi connectivity index (χ0v) is 14.0. The van der Waals surface area contributed by atoms with Gasteiger partial charge in [-0.3, -0.25) is 9.69 Å². The van der Waals surface area contributed by atoms with Gasteiger partial charge >= 0.3 is 0 Å². The molecule has 2 rings (SSSR count). The second-order valence-electron chi connectivity index (χ2n) is 4.78. The average Bonchev–Trinajstić information content (AvgIpc) is 2.81. The SMILES string of the molecule is CN(CC(=O)NCc1cccc(F)c1)Cc1ccc(Br)s1. The minimum Gasteiger partial charge on any atom is -0.351 e. The van der Waals surface area contributed by atoms with Gasteiger partial charge in [0.25, 0.3) is 0 Å². The van der Waals surface area contributed by atoms with Crippen LogP contribution >= 0.6 is 27.3 Å². The number of likely N-dealkylation sites (N-methyl/N-ethyl adjacent to an activating group) is 1. The Labute approximate surface area is 135 Å². The zero-order valence-electron chi connectivity index (χ0n) is 11.6. The van der Waals surface area contributed by atoms with Gasteiger partial charge in [-0.1, -0.05) is 12.1 Å². The second-order valence-corrected chi connectivity index (χ2v) is 7.33. The number of nitrogens with one attached hydrogen (secondary N) is 1. The molecule has 112 valence electrons. The molecule has 1 N–H and O–H groups in total. The Hall–Kier alpha value is -1.24. The van der Waals surface area contributed by atoms with Crippen LogP contribution in [0.15, 0.2) is 40.2 Å². The monoisotopic (exact) mass is 370 g/mol. The van der Waals surface area contributed by atoms with E-state index in [1.54, 1.807) is 23.5 Å². The number of rotatable bonds is 6. The van der Waals surface area contributed by atoms with Gasteiger partial charge in [0.05, 0.1) is 10.3 Å². The maximum absolute atomic E-state index is 13.0. The lowest BCUT2D eigenvalue weighted by molar-refractivity contribution is -0.122. The summed E-state index contributed by atoms with van der Waals surface area (Å²) in [5.41, 5.74) is 0.758. The highest BCUT2D eigenvalue weighted by Gasteiger charge is 2.08. The van der Waals surface area contributed by atoms with Crippen molar-refractivity contribution < 1.29 is 9.18 Å². The predicted octanol–water partition coefficient (Wildman–Crippen LogP) is 3.40. The Morgan fingerprint density at radius 2 is 2.19 bits per heavy atom. The van der Waals surface area contributed by atoms with Gasteiger partial charge in [-0.25, -0.2) is 4.39 Å². The largest absolute Gasteiger partial charge is 0.351 e. The molecule has 0 aliphatic heterocycles. The summed E-state index contributed by atoms with van der Waals surface area (Å²) in [4.78, 5) is 15.0. The van der Waals surface area contributed by atoms with Crippen molar-refractivity contribution in [2.45, 2.75) is 13.1 Å². The summed E-state index contributed by atoms with van der Waals surface area (Å²) in [7, 11) is 1.90. The lowest BCUT2D eigenvalue weighted by Gasteiger charge is -2.15. The molecule has 0 saturated carbocycles. The van der Waals surface area contributed by atoms with Crippen molar-refractivity contribution in [3.63, 3.8) is 0 Å². The maximum Gasteiger partial charge on any atom is 0.234 e. The molecule has 0 aliphatic rings. The summed E-state index contributed by atoms with van der Waals surface area (Å²) >= 11 is 5.08. The van der Waals surface area contributed by atoms with E-state index in [2.05, 4.69) is 21.2 Å². The maximum atomic E-state index is 13.0. The molecule has 2 aromatic rings. The molecule has 0 radical (unpaired) electrons. The van der Waals surface area contributed by atoms with Gasteiger partial charge in [0, 0.05) is 18.0 Å². The second kappa shape index (κ2) is 7.68. The molecule has 0 aliphatic carbocycles. The van der Waals surface area contributed by atoms with Gasteiger partial charge < -0.3 is 5.32 Å². The molecule has 6 heteroatoms. The Kier molecular flexibility index (Phi) is 5.90. The first-order valence-electron chi connectivity index (χ1n) is 6.47. The van der Waals surface area contributed by atoms with Crippen LogP contribution in [0.3, 0.4) is 0 Å². The molecule has 0 spiro atoms. The number of halogens is 2. The summed E-state index contributed by atoms with van der Waals surface area (Å²) < 4.78 is 14.1. The minimum atomic E-state index is -0.290. The zero-order chi connectivity index (χ0) is 15.2. The molecule has 1 heterocycles. The molecule has 0 atom stereocenters. The standard InChI is InChI=1S/C15H16BrFN2OS/c1-19(9-13-5-6-14(16)21-13)10-15(20)18-8-11-3-2-4-12(17)7-11/h2-7H,8-10H2,1H3,(H,18,20). The van der Waals surface area contributed by atoms with E-state index in [9.17, 15) is 9.18 Å². The first kappa shape index (κ1) is 16.1. The van der Waals surface area contributed by atoms with Gasteiger partial charge in [0.15, 0.2) is 0 Å². The molecular formula is C15H16BrFN2OS. The highest BCUT2D eigenvalue weighted by molar-refractivity contribution is 9.11. The predicted molar refractivity (Wildman–Crippen MR) is 86.6 cm³/mol. The summed E-state index contributed by atoms with van der Waals surface area (Å²) in [6.07, 6.45) is 0. The van der Waals surface area contributed by atoms with Gasteiger partial charge in [-0.2, -0.15) is 0 Å². The van der Waals surface area contributed by atoms with E-state index in [1.165, 1.54) is 17.0 Å². The first-order chi connectivity index (χ1) is 10.0. The van der Waals surface area contributed by atoms with E-state index in [0.717, 1.165) is 15.9 Å². The van der Waals surface area contributed by atoms with E-state index >= 15 is 0 Å². The van der Waals surface area contributed by atoms with E-state index in [0.29, 0.717) is 13.1 Å². The number of carbonyl (C=O) groups excluding carboxylic acids is 1. The number of carbonyl (C=O) groups is 1. The van der Waals surface area contributed by atoms with Gasteiger partial charge in [0.2, 0.25) is 5.91 Å². The normalized spacial score (nSPS) is 10.9. The highest BCUT2D eigenvalue weighted by atomic mass is 79.9. The average molecular weight is 371 g/mol. The van der Waals surface area contributed by atoms with Crippen molar-refractivity contribution in [1.82, 2.24) is 10.2 Å². The van der Waals surface area contributed by atoms with Crippen molar-refractivity contribution in [2.75, 3.05) is 13.6 Å². The lowest BCUT2D eigenvalue weighted by Crippen LogP contribution is -2.34. The summed E-state index contributed by atoms with van der Waals surface area (Å²) in [5.74, 6) is -0.362. The molecule has 0 unspecified atom stereocenters. The van der Waals surface area contributed by atoms with Crippen molar-refractivity contribution in [1.29, 1.82) is 0 Å². The van der Waals surface area contributed by atoms with Crippen molar-refractivity contribution in [3.05, 3.63) is 56.4 Å². The number of thiophene rings is 1. The lowest BCUT2D eigenvalue weighted by atomic mass is 10.2. The van der Waals surface area contributed by atoms with E-state index < -0.39 is 0 Å². The number of benzene rings is 1. The quantitative estimate of drug-likeness (QED) is 0.844. The molecule has 0 saturated heterocycles. The van der Waals surface area contributed by atoms with Crippen LogP contribution < -0.4 is 5.32 Å². The van der Waals surface area contributed by atoms with Crippen LogP contribution in [0.5, 0.6) is 0 Å². The molecule has 21 heavy (non-hydrogen) atoms. The van der Waals surface area contributed by atoms with E-state index in [4.69, 9.17) is 0 Å². The molecule has 1 amide bonds. The first-order valence-corrected chi connectivity index (χ1v) is 8.08. The van der Waals surface area contributed by atoms with Crippen LogP contribution in [-0.4, -0.2) is 24.4 Å². The third kappa shape index (κ3) is 5.57. The van der Waals surface area contributed by atoms with E-state index in [-0.39, 0.29) is 11.7 Å². The topological polar surface area (TPSA) is 32.3 Å². The summed E-state index contributed by atoms with van der Waals surface area (Å²) in [6, 6.07) is 10.3. The fourth-order valence-corrected chi connectivity index (χ4v) is 3.47. The molecule has 3 nitrogen and oxygen atoms in total. The smallest absolute Gasteiger partial charge is 0.234 e. The van der Waals surface area contributed by atoms with Crippen LogP contribution in [0.1, 0.15) is 10.4 Å². The van der Waals surface area contributed by atoms with E-state index in [1.807, 2.05) is 24.1 Å². The Balaban J connectivity index is 1.76. The Morgan fingerprint density at radius 1 is 1.38 bits per heavy atom. The van der Waals surface area contributed by atoms with Crippen LogP contribution in [0.4, 0.5) is 4.39 Å². The third-order valence-corrected chi connectivity index (χ3v) is 4.46. The fourth-order valence-electron chi connectivity index (χ4n) is 1.91. The van der Waals surface area contributed by atoms with Gasteiger partial charge in [-0.05, 0) is 52.8 Å². The molecule has 0 fully saturated rings. The van der Waals surface area contributed by atoms with Gasteiger partial charge in [0.1, 0.15) is 5.82 Å². The van der Waals surface area contributed by atoms with Crippen LogP contribution in [0.25, 0.3) is 0 Å². The molecule has 0 bridgehead atoms. The highest BCUT2D eigenvalue weighted by Crippen LogP contribution is 2.22. The number of nitrogens with zero attached hydrogens (tertiary/aromatic N) is 1. The third-order valence-electron chi connectivity index (χ3n) is 2.85. The van der Waals surface area contributed by atoms with Crippen molar-refractivity contribution >= 4 is 33.2 Å². The van der Waals surface area contributed by atoms with Crippen molar-refractivity contribution in [2.24, 2.45) is 0 Å². The molecule has 1 aromatic heterocycles. The Bertz CT molecular complexity index is 617. The van der Waals surface area contributed by atoms with Crippen molar-refractivity contribution in [3.8, 4) is 0 Å². The Morgan fingerprint density at radius 3 is 2.86 bits per heavy atom. The van der Waals surface area contributed by atoms with Crippen LogP contribution in [0.2, 0.25) is 0 Å². The van der Waals surface area contributed by atoms with Gasteiger partial charge in [-0.15, -0.1) is 11.3 Å². The molecular weight excluding hydrogens is 355 g/mol. The summed E-state index contributed by atoms with van der Waals surface area (Å²) in [5, 5.41) is 2.79. The number of hydrogen-bond acceptors (Lipinski definition) is 3. The number of amides is 1. The minimum absolute atomic E-state index is 0.0719. The number of hydrogen-bond donors (Lipinski definition) is 1. The molecule has 1 aromatic carbocycles. The summed E-state index contributed by atoms with van der Waals surface area (Å²) in [6.45, 7) is 1.38. The van der Waals surface area contributed by atoms with Crippen LogP contribution in [0, 0.1) is 5.82 Å². The van der Waals surface area contributed by atoms with Crippen LogP contribution in [-0.2, 0) is 17.9 Å².